The number of hydrogen-bond acceptors (Lipinski definition) is 3. The number of nitrogens with zero attached hydrogens (tertiary/aromatic N) is 1. The van der Waals surface area contributed by atoms with E-state index < -0.39 is 20.0 Å². The van der Waals surface area contributed by atoms with Gasteiger partial charge in [0, 0.05) is 24.6 Å². The molecule has 1 aromatic heterocycles. The standard InChI is InChI=1S/C12H18ClNO2S/c1-9-5-6-10(14-8-9)7-11(13)12(2,3)17(4,15)16/h5-6,8,11H,7H2,1-4H3. The van der Waals surface area contributed by atoms with Crippen molar-refractivity contribution in [3.8, 4) is 0 Å². The second kappa shape index (κ2) is 4.94. The minimum Gasteiger partial charge on any atom is -0.261 e. The van der Waals surface area contributed by atoms with E-state index in [4.69, 9.17) is 11.6 Å². The van der Waals surface area contributed by atoms with E-state index in [2.05, 4.69) is 4.98 Å². The van der Waals surface area contributed by atoms with E-state index in [0.29, 0.717) is 6.42 Å². The fourth-order valence-corrected chi connectivity index (χ4v) is 2.47. The summed E-state index contributed by atoms with van der Waals surface area (Å²) in [7, 11) is -3.19. The van der Waals surface area contributed by atoms with E-state index >= 15 is 0 Å². The fourth-order valence-electron chi connectivity index (χ4n) is 1.28. The third-order valence-corrected chi connectivity index (χ3v) is 6.10. The van der Waals surface area contributed by atoms with Gasteiger partial charge in [-0.1, -0.05) is 6.07 Å². The summed E-state index contributed by atoms with van der Waals surface area (Å²) in [5.74, 6) is 0. The topological polar surface area (TPSA) is 47.0 Å². The lowest BCUT2D eigenvalue weighted by Gasteiger charge is -2.27. The van der Waals surface area contributed by atoms with E-state index in [-0.39, 0.29) is 0 Å². The van der Waals surface area contributed by atoms with Crippen molar-refractivity contribution in [1.82, 2.24) is 4.98 Å². The van der Waals surface area contributed by atoms with Gasteiger partial charge in [-0.2, -0.15) is 0 Å². The molecule has 0 N–H and O–H groups in total. The third kappa shape index (κ3) is 3.42. The van der Waals surface area contributed by atoms with Gasteiger partial charge >= 0.3 is 0 Å². The first-order valence-electron chi connectivity index (χ1n) is 5.40. The smallest absolute Gasteiger partial charge is 0.154 e. The van der Waals surface area contributed by atoms with E-state index in [1.54, 1.807) is 20.0 Å². The van der Waals surface area contributed by atoms with Gasteiger partial charge in [0.1, 0.15) is 0 Å². The van der Waals surface area contributed by atoms with Crippen LogP contribution in [-0.2, 0) is 16.3 Å². The predicted octanol–water partition coefficient (Wildman–Crippen LogP) is 2.36. The number of aryl methyl sites for hydroxylation is 1. The van der Waals surface area contributed by atoms with Crippen molar-refractivity contribution >= 4 is 21.4 Å². The van der Waals surface area contributed by atoms with E-state index in [9.17, 15) is 8.42 Å². The molecule has 1 heterocycles. The van der Waals surface area contributed by atoms with Crippen LogP contribution in [-0.4, -0.2) is 29.8 Å². The average molecular weight is 276 g/mol. The maximum Gasteiger partial charge on any atom is 0.154 e. The molecule has 1 rings (SSSR count). The molecule has 1 aromatic rings. The van der Waals surface area contributed by atoms with E-state index in [1.165, 1.54) is 6.26 Å². The monoisotopic (exact) mass is 275 g/mol. The maximum absolute atomic E-state index is 11.6. The first-order chi connectivity index (χ1) is 7.64. The molecule has 0 bridgehead atoms. The number of aromatic nitrogens is 1. The van der Waals surface area contributed by atoms with Crippen LogP contribution < -0.4 is 0 Å². The fraction of sp³-hybridized carbons (Fsp3) is 0.583. The average Bonchev–Trinajstić information content (AvgIpc) is 2.19. The Bertz CT molecular complexity index is 480. The SMILES string of the molecule is Cc1ccc(CC(Cl)C(C)(C)S(C)(=O)=O)nc1. The summed E-state index contributed by atoms with van der Waals surface area (Å²) < 4.78 is 22.3. The molecule has 0 aliphatic rings. The zero-order valence-electron chi connectivity index (χ0n) is 10.6. The van der Waals surface area contributed by atoms with Gasteiger partial charge in [0.2, 0.25) is 0 Å². The molecule has 0 saturated heterocycles. The molecular formula is C12H18ClNO2S. The number of alkyl halides is 1. The Morgan fingerprint density at radius 3 is 2.41 bits per heavy atom. The molecule has 0 amide bonds. The number of hydrogen-bond donors (Lipinski definition) is 0. The van der Waals surface area contributed by atoms with Crippen LogP contribution in [0.15, 0.2) is 18.3 Å². The Balaban J connectivity index is 2.86. The molecule has 0 aliphatic carbocycles. The second-order valence-corrected chi connectivity index (χ2v) is 8.00. The zero-order valence-corrected chi connectivity index (χ0v) is 12.1. The van der Waals surface area contributed by atoms with E-state index in [1.807, 2.05) is 19.1 Å². The minimum absolute atomic E-state index is 0.446. The third-order valence-electron chi connectivity index (χ3n) is 3.07. The van der Waals surface area contributed by atoms with Crippen molar-refractivity contribution in [2.45, 2.75) is 37.3 Å². The van der Waals surface area contributed by atoms with Crippen LogP contribution in [0, 0.1) is 6.92 Å². The largest absolute Gasteiger partial charge is 0.261 e. The van der Waals surface area contributed by atoms with Gasteiger partial charge in [-0.15, -0.1) is 11.6 Å². The maximum atomic E-state index is 11.6. The molecule has 0 aliphatic heterocycles. The van der Waals surface area contributed by atoms with Crippen LogP contribution in [0.4, 0.5) is 0 Å². The second-order valence-electron chi connectivity index (χ2n) is 4.87. The van der Waals surface area contributed by atoms with Crippen LogP contribution in [0.2, 0.25) is 0 Å². The van der Waals surface area contributed by atoms with Gasteiger partial charge in [0.05, 0.1) is 10.1 Å². The summed E-state index contributed by atoms with van der Waals surface area (Å²) >= 11 is 6.21. The number of pyridine rings is 1. The van der Waals surface area contributed by atoms with Crippen molar-refractivity contribution in [2.24, 2.45) is 0 Å². The summed E-state index contributed by atoms with van der Waals surface area (Å²) in [5.41, 5.74) is 1.88. The van der Waals surface area contributed by atoms with Crippen LogP contribution in [0.3, 0.4) is 0 Å². The van der Waals surface area contributed by atoms with Gasteiger partial charge in [0.25, 0.3) is 0 Å². The Morgan fingerprint density at radius 2 is 2.00 bits per heavy atom. The van der Waals surface area contributed by atoms with Gasteiger partial charge in [-0.05, 0) is 32.4 Å². The molecule has 0 radical (unpaired) electrons. The molecule has 0 saturated carbocycles. The predicted molar refractivity (Wildman–Crippen MR) is 71.2 cm³/mol. The molecule has 3 nitrogen and oxygen atoms in total. The summed E-state index contributed by atoms with van der Waals surface area (Å²) in [6.07, 6.45) is 3.42. The lowest BCUT2D eigenvalue weighted by Crippen LogP contribution is -2.41. The van der Waals surface area contributed by atoms with Crippen molar-refractivity contribution in [2.75, 3.05) is 6.26 Å². The highest BCUT2D eigenvalue weighted by Gasteiger charge is 2.38. The quantitative estimate of drug-likeness (QED) is 0.793. The molecular weight excluding hydrogens is 258 g/mol. The first-order valence-corrected chi connectivity index (χ1v) is 7.72. The first kappa shape index (κ1) is 14.5. The molecule has 96 valence electrons. The molecule has 17 heavy (non-hydrogen) atoms. The molecule has 5 heteroatoms. The molecule has 0 aromatic carbocycles. The molecule has 1 unspecified atom stereocenters. The van der Waals surface area contributed by atoms with Crippen LogP contribution >= 0.6 is 11.6 Å². The van der Waals surface area contributed by atoms with Crippen LogP contribution in [0.25, 0.3) is 0 Å². The molecule has 1 atom stereocenters. The van der Waals surface area contributed by atoms with E-state index in [0.717, 1.165) is 11.3 Å². The summed E-state index contributed by atoms with van der Waals surface area (Å²) in [5, 5.41) is -0.493. The highest BCUT2D eigenvalue weighted by molar-refractivity contribution is 7.92. The summed E-state index contributed by atoms with van der Waals surface area (Å²) in [6, 6.07) is 3.82. The van der Waals surface area contributed by atoms with Gasteiger partial charge in [0.15, 0.2) is 9.84 Å². The van der Waals surface area contributed by atoms with Crippen LogP contribution in [0.5, 0.6) is 0 Å². The number of rotatable bonds is 4. The van der Waals surface area contributed by atoms with Crippen molar-refractivity contribution < 1.29 is 8.42 Å². The highest BCUT2D eigenvalue weighted by Crippen LogP contribution is 2.27. The van der Waals surface area contributed by atoms with Crippen molar-refractivity contribution in [3.05, 3.63) is 29.6 Å². The minimum atomic E-state index is -3.19. The normalized spacial score (nSPS) is 14.6. The Morgan fingerprint density at radius 1 is 1.41 bits per heavy atom. The highest BCUT2D eigenvalue weighted by atomic mass is 35.5. The summed E-state index contributed by atoms with van der Waals surface area (Å²) in [4.78, 5) is 4.23. The van der Waals surface area contributed by atoms with Crippen molar-refractivity contribution in [3.63, 3.8) is 0 Å². The lowest BCUT2D eigenvalue weighted by molar-refractivity contribution is 0.535. The van der Waals surface area contributed by atoms with Gasteiger partial charge < -0.3 is 0 Å². The number of sulfone groups is 1. The van der Waals surface area contributed by atoms with Crippen molar-refractivity contribution in [1.29, 1.82) is 0 Å². The van der Waals surface area contributed by atoms with Gasteiger partial charge in [-0.25, -0.2) is 8.42 Å². The summed E-state index contributed by atoms with van der Waals surface area (Å²) in [6.45, 7) is 5.25. The Hall–Kier alpha value is -0.610. The Labute approximate surface area is 108 Å². The molecule has 0 fully saturated rings. The lowest BCUT2D eigenvalue weighted by atomic mass is 10.0. The number of halogens is 1. The Kier molecular flexibility index (Phi) is 4.20. The van der Waals surface area contributed by atoms with Crippen LogP contribution in [0.1, 0.15) is 25.1 Å². The molecule has 0 spiro atoms. The van der Waals surface area contributed by atoms with Gasteiger partial charge in [-0.3, -0.25) is 4.98 Å². The zero-order chi connectivity index (χ0) is 13.3.